The van der Waals surface area contributed by atoms with Crippen LogP contribution in [0.1, 0.15) is 24.8 Å². The smallest absolute Gasteiger partial charge is 0.0835 e. The van der Waals surface area contributed by atoms with Crippen LogP contribution in [0.2, 0.25) is 0 Å². The van der Waals surface area contributed by atoms with Crippen LogP contribution in [0, 0.1) is 0 Å². The molecule has 98 valence electrons. The van der Waals surface area contributed by atoms with Crippen molar-refractivity contribution in [2.45, 2.75) is 37.5 Å². The molecule has 0 aliphatic carbocycles. The van der Waals surface area contributed by atoms with Gasteiger partial charge in [0.2, 0.25) is 0 Å². The summed E-state index contributed by atoms with van der Waals surface area (Å²) in [5, 5.41) is 0. The number of nitrogens with zero attached hydrogens (tertiary/aromatic N) is 1. The van der Waals surface area contributed by atoms with Gasteiger partial charge in [-0.2, -0.15) is 0 Å². The van der Waals surface area contributed by atoms with E-state index in [1.807, 2.05) is 0 Å². The van der Waals surface area contributed by atoms with Crippen LogP contribution >= 0.6 is 0 Å². The first kappa shape index (κ1) is 12.2. The molecule has 3 rings (SSSR count). The minimum Gasteiger partial charge on any atom is -0.373 e. The normalized spacial score (nSPS) is 33.1. The molecule has 1 aromatic carbocycles. The fourth-order valence-electron chi connectivity index (χ4n) is 3.25. The number of hydrogen-bond donors (Lipinski definition) is 1. The summed E-state index contributed by atoms with van der Waals surface area (Å²) in [5.41, 5.74) is 7.52. The first-order valence-electron chi connectivity index (χ1n) is 6.92. The van der Waals surface area contributed by atoms with Crippen LogP contribution in [0.4, 0.5) is 0 Å². The maximum atomic E-state index is 6.09. The lowest BCUT2D eigenvalue weighted by Crippen LogP contribution is -2.46. The van der Waals surface area contributed by atoms with Crippen LogP contribution < -0.4 is 5.73 Å². The molecular weight excluding hydrogens is 224 g/mol. The van der Waals surface area contributed by atoms with Crippen molar-refractivity contribution in [2.75, 3.05) is 19.7 Å². The van der Waals surface area contributed by atoms with Gasteiger partial charge in [0.15, 0.2) is 0 Å². The van der Waals surface area contributed by atoms with Gasteiger partial charge in [0.05, 0.1) is 5.60 Å². The Kier molecular flexibility index (Phi) is 3.37. The molecule has 0 unspecified atom stereocenters. The summed E-state index contributed by atoms with van der Waals surface area (Å²) in [6, 6.07) is 11.0. The zero-order valence-electron chi connectivity index (χ0n) is 10.8. The number of nitrogens with two attached hydrogens (primary N) is 1. The van der Waals surface area contributed by atoms with E-state index in [1.54, 1.807) is 0 Å². The van der Waals surface area contributed by atoms with E-state index in [0.717, 1.165) is 45.5 Å². The molecule has 2 N–H and O–H groups in total. The Hall–Kier alpha value is -0.900. The zero-order chi connectivity index (χ0) is 12.4. The average Bonchev–Trinajstić information content (AvgIpc) is 2.73. The molecule has 2 heterocycles. The number of hydrogen-bond acceptors (Lipinski definition) is 3. The molecule has 2 aliphatic rings. The van der Waals surface area contributed by atoms with Gasteiger partial charge in [-0.3, -0.25) is 4.90 Å². The number of likely N-dealkylation sites (tertiary alicyclic amines) is 1. The molecule has 0 saturated carbocycles. The molecule has 0 radical (unpaired) electrons. The highest BCUT2D eigenvalue weighted by Gasteiger charge is 2.42. The van der Waals surface area contributed by atoms with Gasteiger partial charge in [0.1, 0.15) is 0 Å². The van der Waals surface area contributed by atoms with E-state index in [1.165, 1.54) is 5.56 Å². The van der Waals surface area contributed by atoms with Gasteiger partial charge >= 0.3 is 0 Å². The van der Waals surface area contributed by atoms with Crippen LogP contribution in [-0.2, 0) is 11.3 Å². The van der Waals surface area contributed by atoms with E-state index in [0.29, 0.717) is 6.04 Å². The first-order valence-corrected chi connectivity index (χ1v) is 6.92. The third-order valence-electron chi connectivity index (χ3n) is 4.18. The van der Waals surface area contributed by atoms with E-state index in [9.17, 15) is 0 Å². The highest BCUT2D eigenvalue weighted by molar-refractivity contribution is 5.15. The minimum atomic E-state index is 0.0481. The van der Waals surface area contributed by atoms with Crippen molar-refractivity contribution in [3.05, 3.63) is 35.9 Å². The van der Waals surface area contributed by atoms with Crippen molar-refractivity contribution in [3.8, 4) is 0 Å². The van der Waals surface area contributed by atoms with Crippen LogP contribution in [-0.4, -0.2) is 36.2 Å². The third-order valence-corrected chi connectivity index (χ3v) is 4.18. The zero-order valence-corrected chi connectivity index (χ0v) is 10.8. The van der Waals surface area contributed by atoms with E-state index in [-0.39, 0.29) is 5.60 Å². The summed E-state index contributed by atoms with van der Waals surface area (Å²) in [7, 11) is 0. The van der Waals surface area contributed by atoms with Crippen LogP contribution in [0.25, 0.3) is 0 Å². The molecule has 1 spiro atoms. The Balaban J connectivity index is 1.61. The highest BCUT2D eigenvalue weighted by atomic mass is 16.5. The number of rotatable bonds is 2. The van der Waals surface area contributed by atoms with Gasteiger partial charge < -0.3 is 10.5 Å². The molecule has 3 heteroatoms. The Morgan fingerprint density at radius 2 is 2.17 bits per heavy atom. The lowest BCUT2D eigenvalue weighted by molar-refractivity contribution is -0.0760. The van der Waals surface area contributed by atoms with E-state index >= 15 is 0 Å². The molecule has 2 fully saturated rings. The molecule has 0 aromatic heterocycles. The second kappa shape index (κ2) is 5.00. The lowest BCUT2D eigenvalue weighted by Gasteiger charge is -2.36. The van der Waals surface area contributed by atoms with Crippen molar-refractivity contribution in [2.24, 2.45) is 5.73 Å². The maximum Gasteiger partial charge on any atom is 0.0835 e. The largest absolute Gasteiger partial charge is 0.373 e. The fraction of sp³-hybridized carbons (Fsp3) is 0.600. The third kappa shape index (κ3) is 2.58. The van der Waals surface area contributed by atoms with Crippen LogP contribution in [0.5, 0.6) is 0 Å². The molecular formula is C15H22N2O. The second-order valence-electron chi connectivity index (χ2n) is 5.73. The molecule has 2 saturated heterocycles. The summed E-state index contributed by atoms with van der Waals surface area (Å²) in [5.74, 6) is 0. The van der Waals surface area contributed by atoms with Gasteiger partial charge in [-0.15, -0.1) is 0 Å². The van der Waals surface area contributed by atoms with Crippen molar-refractivity contribution < 1.29 is 4.74 Å². The molecule has 1 aromatic rings. The first-order chi connectivity index (χ1) is 8.76. The molecule has 18 heavy (non-hydrogen) atoms. The SMILES string of the molecule is N[C@H]1CCO[C@@]2(CCN(Cc3ccccc3)C2)C1. The summed E-state index contributed by atoms with van der Waals surface area (Å²) >= 11 is 0. The van der Waals surface area contributed by atoms with Gasteiger partial charge in [0.25, 0.3) is 0 Å². The van der Waals surface area contributed by atoms with E-state index in [2.05, 4.69) is 35.2 Å². The quantitative estimate of drug-likeness (QED) is 0.864. The van der Waals surface area contributed by atoms with E-state index < -0.39 is 0 Å². The summed E-state index contributed by atoms with van der Waals surface area (Å²) < 4.78 is 6.04. The van der Waals surface area contributed by atoms with Gasteiger partial charge in [-0.1, -0.05) is 30.3 Å². The van der Waals surface area contributed by atoms with Crippen molar-refractivity contribution in [1.29, 1.82) is 0 Å². The number of ether oxygens (including phenoxy) is 1. The molecule has 2 aliphatic heterocycles. The minimum absolute atomic E-state index is 0.0481. The molecule has 3 nitrogen and oxygen atoms in total. The Labute approximate surface area is 109 Å². The fourth-order valence-corrected chi connectivity index (χ4v) is 3.25. The highest BCUT2D eigenvalue weighted by Crippen LogP contribution is 2.34. The van der Waals surface area contributed by atoms with Crippen LogP contribution in [0.3, 0.4) is 0 Å². The summed E-state index contributed by atoms with van der Waals surface area (Å²) in [6.07, 6.45) is 3.17. The van der Waals surface area contributed by atoms with Crippen molar-refractivity contribution in [1.82, 2.24) is 4.90 Å². The molecule has 2 atom stereocenters. The Morgan fingerprint density at radius 3 is 2.94 bits per heavy atom. The summed E-state index contributed by atoms with van der Waals surface area (Å²) in [6.45, 7) is 4.03. The molecule has 0 amide bonds. The Bertz CT molecular complexity index is 395. The van der Waals surface area contributed by atoms with E-state index in [4.69, 9.17) is 10.5 Å². The predicted molar refractivity (Wildman–Crippen MR) is 72.2 cm³/mol. The van der Waals surface area contributed by atoms with Gasteiger partial charge in [-0.25, -0.2) is 0 Å². The van der Waals surface area contributed by atoms with Gasteiger partial charge in [0, 0.05) is 32.3 Å². The average molecular weight is 246 g/mol. The predicted octanol–water partition coefficient (Wildman–Crippen LogP) is 1.77. The Morgan fingerprint density at radius 1 is 1.33 bits per heavy atom. The number of benzene rings is 1. The summed E-state index contributed by atoms with van der Waals surface area (Å²) in [4.78, 5) is 2.49. The maximum absolute atomic E-state index is 6.09. The molecule has 0 bridgehead atoms. The lowest BCUT2D eigenvalue weighted by atomic mass is 9.90. The topological polar surface area (TPSA) is 38.5 Å². The van der Waals surface area contributed by atoms with Crippen molar-refractivity contribution >= 4 is 0 Å². The standard InChI is InChI=1S/C15H22N2O/c16-14-6-9-18-15(10-14)7-8-17(12-15)11-13-4-2-1-3-5-13/h1-5,14H,6-12,16H2/t14-,15-/m0/s1. The monoisotopic (exact) mass is 246 g/mol. The van der Waals surface area contributed by atoms with Gasteiger partial charge in [-0.05, 0) is 24.8 Å². The van der Waals surface area contributed by atoms with Crippen LogP contribution in [0.15, 0.2) is 30.3 Å². The second-order valence-corrected chi connectivity index (χ2v) is 5.73. The van der Waals surface area contributed by atoms with Crippen molar-refractivity contribution in [3.63, 3.8) is 0 Å².